The van der Waals surface area contributed by atoms with E-state index in [0.29, 0.717) is 17.0 Å². The van der Waals surface area contributed by atoms with E-state index in [-0.39, 0.29) is 0 Å². The van der Waals surface area contributed by atoms with Crippen LogP contribution in [0.1, 0.15) is 25.7 Å². The van der Waals surface area contributed by atoms with Gasteiger partial charge in [-0.1, -0.05) is 11.6 Å². The summed E-state index contributed by atoms with van der Waals surface area (Å²) in [7, 11) is 0. The first-order chi connectivity index (χ1) is 4.72. The van der Waals surface area contributed by atoms with Crippen LogP contribution in [0.2, 0.25) is 0 Å². The second-order valence-electron chi connectivity index (χ2n) is 2.40. The maximum atomic E-state index is 10.4. The van der Waals surface area contributed by atoms with E-state index in [1.807, 2.05) is 0 Å². The molecule has 0 saturated carbocycles. The maximum Gasteiger partial charge on any atom is 0.332 e. The lowest BCUT2D eigenvalue weighted by Gasteiger charge is -2.11. The Hall–Kier alpha value is -0.500. The molecule has 10 heavy (non-hydrogen) atoms. The predicted octanol–water partition coefficient (Wildman–Crippen LogP) is 2.14. The Bertz CT molecular complexity index is 184. The summed E-state index contributed by atoms with van der Waals surface area (Å²) in [5.74, 6) is -0.857. The van der Waals surface area contributed by atoms with Gasteiger partial charge in [-0.2, -0.15) is 0 Å². The molecule has 0 spiro atoms. The SMILES string of the molecule is O=C(O)C1=C(Cl)CCCC1. The van der Waals surface area contributed by atoms with Crippen LogP contribution in [0.4, 0.5) is 0 Å². The minimum atomic E-state index is -0.857. The zero-order chi connectivity index (χ0) is 7.56. The molecule has 0 atom stereocenters. The van der Waals surface area contributed by atoms with Crippen LogP contribution in [-0.2, 0) is 4.79 Å². The lowest BCUT2D eigenvalue weighted by molar-refractivity contribution is -0.132. The van der Waals surface area contributed by atoms with Crippen molar-refractivity contribution in [1.29, 1.82) is 0 Å². The van der Waals surface area contributed by atoms with Crippen molar-refractivity contribution in [2.45, 2.75) is 25.7 Å². The first kappa shape index (κ1) is 7.61. The number of carbonyl (C=O) groups is 1. The Morgan fingerprint density at radius 2 is 2.00 bits per heavy atom. The van der Waals surface area contributed by atoms with Crippen molar-refractivity contribution >= 4 is 17.6 Å². The van der Waals surface area contributed by atoms with Crippen molar-refractivity contribution in [3.8, 4) is 0 Å². The molecule has 1 aliphatic carbocycles. The lowest BCUT2D eigenvalue weighted by Crippen LogP contribution is -2.06. The third-order valence-electron chi connectivity index (χ3n) is 1.66. The molecule has 0 aromatic heterocycles. The summed E-state index contributed by atoms with van der Waals surface area (Å²) >= 11 is 5.68. The quantitative estimate of drug-likeness (QED) is 0.638. The summed E-state index contributed by atoms with van der Waals surface area (Å²) in [5, 5.41) is 9.11. The van der Waals surface area contributed by atoms with Crippen LogP contribution in [0.5, 0.6) is 0 Å². The van der Waals surface area contributed by atoms with E-state index in [0.717, 1.165) is 19.3 Å². The summed E-state index contributed by atoms with van der Waals surface area (Å²) in [6, 6.07) is 0. The van der Waals surface area contributed by atoms with Gasteiger partial charge in [0, 0.05) is 5.03 Å². The fraction of sp³-hybridized carbons (Fsp3) is 0.571. The van der Waals surface area contributed by atoms with E-state index in [4.69, 9.17) is 16.7 Å². The number of hydrogen-bond acceptors (Lipinski definition) is 1. The molecule has 1 N–H and O–H groups in total. The van der Waals surface area contributed by atoms with Crippen molar-refractivity contribution < 1.29 is 9.90 Å². The van der Waals surface area contributed by atoms with E-state index >= 15 is 0 Å². The molecule has 0 aromatic carbocycles. The van der Waals surface area contributed by atoms with E-state index in [1.165, 1.54) is 0 Å². The van der Waals surface area contributed by atoms with Crippen molar-refractivity contribution in [1.82, 2.24) is 0 Å². The predicted molar refractivity (Wildman–Crippen MR) is 39.0 cm³/mol. The number of hydrogen-bond donors (Lipinski definition) is 1. The number of allylic oxidation sites excluding steroid dienone is 1. The minimum Gasteiger partial charge on any atom is -0.478 e. The van der Waals surface area contributed by atoms with Gasteiger partial charge in [0.15, 0.2) is 0 Å². The molecular formula is C7H9ClO2. The van der Waals surface area contributed by atoms with E-state index in [1.54, 1.807) is 0 Å². The number of rotatable bonds is 1. The molecule has 0 amide bonds. The fourth-order valence-corrected chi connectivity index (χ4v) is 1.40. The topological polar surface area (TPSA) is 37.3 Å². The van der Waals surface area contributed by atoms with Crippen LogP contribution in [0, 0.1) is 0 Å². The summed E-state index contributed by atoms with van der Waals surface area (Å²) < 4.78 is 0. The number of halogens is 1. The number of carboxylic acids is 1. The summed E-state index contributed by atoms with van der Waals surface area (Å²) in [6.45, 7) is 0. The zero-order valence-electron chi connectivity index (χ0n) is 5.56. The minimum absolute atomic E-state index is 0.410. The van der Waals surface area contributed by atoms with Crippen LogP contribution in [0.15, 0.2) is 10.6 Å². The normalized spacial score (nSPS) is 19.3. The molecule has 3 heteroatoms. The van der Waals surface area contributed by atoms with Crippen molar-refractivity contribution in [2.75, 3.05) is 0 Å². The fourth-order valence-electron chi connectivity index (χ4n) is 1.09. The Labute approximate surface area is 64.5 Å². The first-order valence-electron chi connectivity index (χ1n) is 3.32. The Morgan fingerprint density at radius 1 is 1.40 bits per heavy atom. The molecule has 0 saturated heterocycles. The van der Waals surface area contributed by atoms with E-state index < -0.39 is 5.97 Å². The van der Waals surface area contributed by atoms with Crippen molar-refractivity contribution in [3.05, 3.63) is 10.6 Å². The molecule has 1 aliphatic rings. The Balaban J connectivity index is 2.78. The summed E-state index contributed by atoms with van der Waals surface area (Å²) in [5.41, 5.74) is 0.410. The molecule has 0 heterocycles. The van der Waals surface area contributed by atoms with E-state index in [9.17, 15) is 4.79 Å². The highest BCUT2D eigenvalue weighted by Crippen LogP contribution is 2.27. The highest BCUT2D eigenvalue weighted by Gasteiger charge is 2.16. The van der Waals surface area contributed by atoms with Gasteiger partial charge in [-0.05, 0) is 25.7 Å². The highest BCUT2D eigenvalue weighted by atomic mass is 35.5. The van der Waals surface area contributed by atoms with Crippen LogP contribution in [-0.4, -0.2) is 11.1 Å². The molecule has 1 rings (SSSR count). The Morgan fingerprint density at radius 3 is 2.40 bits per heavy atom. The van der Waals surface area contributed by atoms with Gasteiger partial charge in [0.1, 0.15) is 0 Å². The van der Waals surface area contributed by atoms with Crippen LogP contribution in [0.25, 0.3) is 0 Å². The molecule has 2 nitrogen and oxygen atoms in total. The Kier molecular flexibility index (Phi) is 2.33. The second kappa shape index (κ2) is 3.06. The molecule has 0 aromatic rings. The summed E-state index contributed by atoms with van der Waals surface area (Å²) in [4.78, 5) is 10.4. The second-order valence-corrected chi connectivity index (χ2v) is 2.85. The third-order valence-corrected chi connectivity index (χ3v) is 2.08. The summed E-state index contributed by atoms with van der Waals surface area (Å²) in [6.07, 6.45) is 3.35. The van der Waals surface area contributed by atoms with Gasteiger partial charge in [-0.25, -0.2) is 4.79 Å². The first-order valence-corrected chi connectivity index (χ1v) is 3.70. The van der Waals surface area contributed by atoms with E-state index in [2.05, 4.69) is 0 Å². The average molecular weight is 161 g/mol. The average Bonchev–Trinajstić information content (AvgIpc) is 1.88. The largest absolute Gasteiger partial charge is 0.478 e. The standard InChI is InChI=1S/C7H9ClO2/c8-6-4-2-1-3-5(6)7(9)10/h1-4H2,(H,9,10). The van der Waals surface area contributed by atoms with Crippen LogP contribution < -0.4 is 0 Å². The van der Waals surface area contributed by atoms with Gasteiger partial charge in [0.2, 0.25) is 0 Å². The lowest BCUT2D eigenvalue weighted by atomic mass is 10.00. The number of aliphatic carboxylic acids is 1. The number of carboxylic acid groups (broad SMARTS) is 1. The smallest absolute Gasteiger partial charge is 0.332 e. The molecule has 0 radical (unpaired) electrons. The third kappa shape index (κ3) is 1.51. The molecular weight excluding hydrogens is 152 g/mol. The monoisotopic (exact) mass is 160 g/mol. The zero-order valence-corrected chi connectivity index (χ0v) is 6.32. The molecule has 0 unspecified atom stereocenters. The van der Waals surface area contributed by atoms with Crippen LogP contribution in [0.3, 0.4) is 0 Å². The highest BCUT2D eigenvalue weighted by molar-refractivity contribution is 6.31. The van der Waals surface area contributed by atoms with Gasteiger partial charge >= 0.3 is 5.97 Å². The van der Waals surface area contributed by atoms with Gasteiger partial charge in [-0.3, -0.25) is 0 Å². The van der Waals surface area contributed by atoms with Crippen molar-refractivity contribution in [3.63, 3.8) is 0 Å². The molecule has 0 fully saturated rings. The van der Waals surface area contributed by atoms with Gasteiger partial charge < -0.3 is 5.11 Å². The molecule has 56 valence electrons. The maximum absolute atomic E-state index is 10.4. The van der Waals surface area contributed by atoms with Crippen molar-refractivity contribution in [2.24, 2.45) is 0 Å². The molecule has 0 bridgehead atoms. The van der Waals surface area contributed by atoms with Gasteiger partial charge in [0.05, 0.1) is 5.57 Å². The van der Waals surface area contributed by atoms with Gasteiger partial charge in [-0.15, -0.1) is 0 Å². The van der Waals surface area contributed by atoms with Crippen LogP contribution >= 0.6 is 11.6 Å². The van der Waals surface area contributed by atoms with Gasteiger partial charge in [0.25, 0.3) is 0 Å². The molecule has 0 aliphatic heterocycles.